The van der Waals surface area contributed by atoms with E-state index in [0.717, 1.165) is 16.6 Å². The normalized spacial score (nSPS) is 17.6. The number of nitrogens with one attached hydrogen (secondary N) is 1. The van der Waals surface area contributed by atoms with Crippen LogP contribution < -0.4 is 4.72 Å². The summed E-state index contributed by atoms with van der Waals surface area (Å²) in [6.45, 7) is 0. The number of sulfonamides is 1. The van der Waals surface area contributed by atoms with Crippen LogP contribution in [0.2, 0.25) is 0 Å². The van der Waals surface area contributed by atoms with Crippen LogP contribution in [0.15, 0.2) is 20.1 Å². The predicted octanol–water partition coefficient (Wildman–Crippen LogP) is 1.95. The fraction of sp³-hybridized carbons (Fsp3) is 0.429. The first-order valence-electron chi connectivity index (χ1n) is 3.85. The molecule has 6 heteroatoms. The van der Waals surface area contributed by atoms with Gasteiger partial charge < -0.3 is 0 Å². The second kappa shape index (κ2) is 3.34. The van der Waals surface area contributed by atoms with Crippen LogP contribution in [0.25, 0.3) is 0 Å². The molecule has 1 aromatic heterocycles. The Morgan fingerprint density at radius 2 is 2.15 bits per heavy atom. The lowest BCUT2D eigenvalue weighted by Crippen LogP contribution is -2.24. The molecule has 0 unspecified atom stereocenters. The van der Waals surface area contributed by atoms with Gasteiger partial charge in [-0.05, 0) is 40.9 Å². The van der Waals surface area contributed by atoms with Crippen molar-refractivity contribution in [2.75, 3.05) is 0 Å². The van der Waals surface area contributed by atoms with E-state index in [1.807, 2.05) is 0 Å². The van der Waals surface area contributed by atoms with Gasteiger partial charge in [0.1, 0.15) is 4.21 Å². The molecule has 1 aliphatic carbocycles. The van der Waals surface area contributed by atoms with Gasteiger partial charge in [0.2, 0.25) is 10.0 Å². The van der Waals surface area contributed by atoms with Crippen molar-refractivity contribution in [1.29, 1.82) is 0 Å². The van der Waals surface area contributed by atoms with Gasteiger partial charge in [-0.1, -0.05) is 0 Å². The summed E-state index contributed by atoms with van der Waals surface area (Å²) >= 11 is 4.46. The van der Waals surface area contributed by atoms with Crippen molar-refractivity contribution >= 4 is 37.3 Å². The minimum Gasteiger partial charge on any atom is -0.207 e. The number of hydrogen-bond acceptors (Lipinski definition) is 3. The lowest BCUT2D eigenvalue weighted by Gasteiger charge is -2.00. The maximum Gasteiger partial charge on any atom is 0.250 e. The van der Waals surface area contributed by atoms with E-state index in [4.69, 9.17) is 0 Å². The summed E-state index contributed by atoms with van der Waals surface area (Å²) in [5.74, 6) is 0. The summed E-state index contributed by atoms with van der Waals surface area (Å²) in [4.78, 5) is 0. The van der Waals surface area contributed by atoms with Crippen molar-refractivity contribution in [3.8, 4) is 0 Å². The van der Waals surface area contributed by atoms with E-state index in [1.54, 1.807) is 12.1 Å². The standard InChI is InChI=1S/C7H8BrNO2S2/c8-6-3-4-7(12-6)13(10,11)9-5-1-2-5/h3-5,9H,1-2H2. The molecule has 0 saturated heterocycles. The lowest BCUT2D eigenvalue weighted by molar-refractivity contribution is 0.583. The zero-order chi connectivity index (χ0) is 9.47. The Labute approximate surface area is 89.3 Å². The highest BCUT2D eigenvalue weighted by atomic mass is 79.9. The molecule has 0 amide bonds. The molecule has 1 aliphatic rings. The predicted molar refractivity (Wildman–Crippen MR) is 55.4 cm³/mol. The number of thiophene rings is 1. The van der Waals surface area contributed by atoms with Gasteiger partial charge in [-0.3, -0.25) is 0 Å². The number of halogens is 1. The molecular formula is C7H8BrNO2S2. The fourth-order valence-corrected chi connectivity index (χ4v) is 4.25. The topological polar surface area (TPSA) is 46.2 Å². The summed E-state index contributed by atoms with van der Waals surface area (Å²) < 4.78 is 27.0. The van der Waals surface area contributed by atoms with E-state index in [0.29, 0.717) is 4.21 Å². The zero-order valence-corrected chi connectivity index (χ0v) is 9.88. The van der Waals surface area contributed by atoms with Gasteiger partial charge in [-0.2, -0.15) is 0 Å². The Kier molecular flexibility index (Phi) is 2.48. The molecule has 0 bridgehead atoms. The first-order chi connectivity index (χ1) is 6.08. The minimum atomic E-state index is -3.24. The van der Waals surface area contributed by atoms with Crippen molar-refractivity contribution in [3.63, 3.8) is 0 Å². The quantitative estimate of drug-likeness (QED) is 0.921. The molecule has 1 N–H and O–H groups in total. The van der Waals surface area contributed by atoms with Crippen LogP contribution in [0.1, 0.15) is 12.8 Å². The number of rotatable bonds is 3. The molecule has 0 aromatic carbocycles. The van der Waals surface area contributed by atoms with Crippen LogP contribution in [-0.2, 0) is 10.0 Å². The van der Waals surface area contributed by atoms with E-state index in [9.17, 15) is 8.42 Å². The summed E-state index contributed by atoms with van der Waals surface area (Å²) in [6, 6.07) is 3.52. The van der Waals surface area contributed by atoms with Gasteiger partial charge in [0.25, 0.3) is 0 Å². The molecule has 0 atom stereocenters. The van der Waals surface area contributed by atoms with Crippen LogP contribution in [0.3, 0.4) is 0 Å². The summed E-state index contributed by atoms with van der Waals surface area (Å²) in [7, 11) is -3.24. The van der Waals surface area contributed by atoms with Gasteiger partial charge in [0, 0.05) is 6.04 Å². The zero-order valence-electron chi connectivity index (χ0n) is 6.66. The second-order valence-corrected chi connectivity index (χ2v) is 7.36. The Morgan fingerprint density at radius 1 is 1.46 bits per heavy atom. The van der Waals surface area contributed by atoms with E-state index in [2.05, 4.69) is 20.7 Å². The van der Waals surface area contributed by atoms with Gasteiger partial charge >= 0.3 is 0 Å². The molecule has 1 aromatic rings. The summed E-state index contributed by atoms with van der Waals surface area (Å²) in [5, 5.41) is 0. The van der Waals surface area contributed by atoms with Crippen LogP contribution in [-0.4, -0.2) is 14.5 Å². The first kappa shape index (κ1) is 9.64. The van der Waals surface area contributed by atoms with Gasteiger partial charge in [0.15, 0.2) is 0 Å². The molecule has 13 heavy (non-hydrogen) atoms. The average Bonchev–Trinajstić information content (AvgIpc) is 2.70. The van der Waals surface area contributed by atoms with Gasteiger partial charge in [0.05, 0.1) is 3.79 Å². The van der Waals surface area contributed by atoms with Crippen molar-refractivity contribution in [1.82, 2.24) is 4.72 Å². The van der Waals surface area contributed by atoms with E-state index >= 15 is 0 Å². The maximum absolute atomic E-state index is 11.6. The minimum absolute atomic E-state index is 0.172. The summed E-state index contributed by atoms with van der Waals surface area (Å²) in [5.41, 5.74) is 0. The Bertz CT molecular complexity index is 408. The van der Waals surface area contributed by atoms with E-state index < -0.39 is 10.0 Å². The second-order valence-electron chi connectivity index (χ2n) is 2.95. The molecule has 0 spiro atoms. The van der Waals surface area contributed by atoms with Gasteiger partial charge in [-0.25, -0.2) is 13.1 Å². The molecule has 1 saturated carbocycles. The molecule has 1 heterocycles. The first-order valence-corrected chi connectivity index (χ1v) is 6.95. The fourth-order valence-electron chi connectivity index (χ4n) is 0.921. The van der Waals surface area contributed by atoms with Crippen LogP contribution in [0.5, 0.6) is 0 Å². The van der Waals surface area contributed by atoms with Crippen molar-refractivity contribution in [3.05, 3.63) is 15.9 Å². The van der Waals surface area contributed by atoms with Crippen molar-refractivity contribution in [2.45, 2.75) is 23.1 Å². The van der Waals surface area contributed by atoms with Crippen molar-refractivity contribution < 1.29 is 8.42 Å². The Morgan fingerprint density at radius 3 is 2.62 bits per heavy atom. The van der Waals surface area contributed by atoms with Crippen molar-refractivity contribution in [2.24, 2.45) is 0 Å². The van der Waals surface area contributed by atoms with Crippen LogP contribution in [0, 0.1) is 0 Å². The molecule has 1 fully saturated rings. The molecule has 0 aliphatic heterocycles. The molecule has 72 valence electrons. The Hall–Kier alpha value is 0.0900. The van der Waals surface area contributed by atoms with Crippen LogP contribution in [0.4, 0.5) is 0 Å². The monoisotopic (exact) mass is 281 g/mol. The third-order valence-electron chi connectivity index (χ3n) is 1.71. The smallest absolute Gasteiger partial charge is 0.207 e. The summed E-state index contributed by atoms with van der Waals surface area (Å²) in [6.07, 6.45) is 1.93. The van der Waals surface area contributed by atoms with E-state index in [1.165, 1.54) is 11.3 Å². The maximum atomic E-state index is 11.6. The van der Waals surface area contributed by atoms with Gasteiger partial charge in [-0.15, -0.1) is 11.3 Å². The highest BCUT2D eigenvalue weighted by molar-refractivity contribution is 9.11. The third-order valence-corrected chi connectivity index (χ3v) is 5.35. The highest BCUT2D eigenvalue weighted by Gasteiger charge is 2.28. The number of hydrogen-bond donors (Lipinski definition) is 1. The molecule has 0 radical (unpaired) electrons. The average molecular weight is 282 g/mol. The van der Waals surface area contributed by atoms with Crippen LogP contribution >= 0.6 is 27.3 Å². The molecular weight excluding hydrogens is 274 g/mol. The molecule has 3 nitrogen and oxygen atoms in total. The highest BCUT2D eigenvalue weighted by Crippen LogP contribution is 2.28. The SMILES string of the molecule is O=S(=O)(NC1CC1)c1ccc(Br)s1. The Balaban J connectivity index is 2.22. The molecule has 2 rings (SSSR count). The third kappa shape index (κ3) is 2.31. The largest absolute Gasteiger partial charge is 0.250 e. The van der Waals surface area contributed by atoms with E-state index in [-0.39, 0.29) is 6.04 Å². The lowest BCUT2D eigenvalue weighted by atomic mass is 10.7.